The molecule has 166 valence electrons. The van der Waals surface area contributed by atoms with Gasteiger partial charge in [-0.05, 0) is 25.0 Å². The molecule has 0 saturated carbocycles. The van der Waals surface area contributed by atoms with Gasteiger partial charge in [-0.2, -0.15) is 4.31 Å². The zero-order valence-electron chi connectivity index (χ0n) is 17.8. The van der Waals surface area contributed by atoms with Gasteiger partial charge < -0.3 is 15.0 Å². The van der Waals surface area contributed by atoms with Crippen molar-refractivity contribution in [2.24, 2.45) is 5.92 Å². The summed E-state index contributed by atoms with van der Waals surface area (Å²) in [6.07, 6.45) is 1.13. The van der Waals surface area contributed by atoms with E-state index in [4.69, 9.17) is 4.74 Å². The largest absolute Gasteiger partial charge is 0.454 e. The van der Waals surface area contributed by atoms with Crippen molar-refractivity contribution in [3.8, 4) is 0 Å². The van der Waals surface area contributed by atoms with Gasteiger partial charge in [0.25, 0.3) is 11.8 Å². The molecule has 0 bridgehead atoms. The minimum Gasteiger partial charge on any atom is -0.454 e. The molecule has 1 aromatic rings. The Morgan fingerprint density at radius 2 is 1.77 bits per heavy atom. The van der Waals surface area contributed by atoms with Crippen LogP contribution in [0.4, 0.5) is 0 Å². The normalized spacial score (nSPS) is 16.2. The second kappa shape index (κ2) is 10.0. The molecule has 1 aromatic carbocycles. The SMILES string of the molecule is Cc1cccc(C(=O)N[C@H](C(=O)OCC(=O)N2CCN(S(C)(=O)=O)CC2)C(C)C)c1. The van der Waals surface area contributed by atoms with Crippen molar-refractivity contribution in [1.82, 2.24) is 14.5 Å². The number of carbonyl (C=O) groups is 3. The standard InChI is InChI=1S/C20H29N3O6S/c1-14(2)18(21-19(25)16-7-5-6-15(3)12-16)20(26)29-13-17(24)22-8-10-23(11-9-22)30(4,27)28/h5-7,12,14,18H,8-11,13H2,1-4H3,(H,21,25)/t18-/m0/s1. The average molecular weight is 440 g/mol. The Morgan fingerprint density at radius 1 is 1.13 bits per heavy atom. The summed E-state index contributed by atoms with van der Waals surface area (Å²) in [6, 6.07) is 6.11. The number of ether oxygens (including phenoxy) is 1. The lowest BCUT2D eigenvalue weighted by Gasteiger charge is -2.33. The lowest BCUT2D eigenvalue weighted by atomic mass is 10.0. The van der Waals surface area contributed by atoms with Crippen LogP contribution in [0.3, 0.4) is 0 Å². The van der Waals surface area contributed by atoms with E-state index in [1.807, 2.05) is 13.0 Å². The van der Waals surface area contributed by atoms with Gasteiger partial charge >= 0.3 is 5.97 Å². The van der Waals surface area contributed by atoms with E-state index in [0.29, 0.717) is 5.56 Å². The predicted molar refractivity (Wildman–Crippen MR) is 111 cm³/mol. The van der Waals surface area contributed by atoms with Gasteiger partial charge in [-0.1, -0.05) is 31.5 Å². The number of carbonyl (C=O) groups excluding carboxylic acids is 3. The third-order valence-corrected chi connectivity index (χ3v) is 6.19. The van der Waals surface area contributed by atoms with Crippen LogP contribution in [-0.2, 0) is 24.3 Å². The zero-order valence-corrected chi connectivity index (χ0v) is 18.6. The summed E-state index contributed by atoms with van der Waals surface area (Å²) >= 11 is 0. The molecule has 1 saturated heterocycles. The summed E-state index contributed by atoms with van der Waals surface area (Å²) in [6.45, 7) is 5.85. The number of aryl methyl sites for hydroxylation is 1. The topological polar surface area (TPSA) is 113 Å². The Bertz CT molecular complexity index is 892. The van der Waals surface area contributed by atoms with Crippen LogP contribution in [-0.4, -0.2) is 80.5 Å². The van der Waals surface area contributed by atoms with Crippen molar-refractivity contribution < 1.29 is 27.5 Å². The fraction of sp³-hybridized carbons (Fsp3) is 0.550. The molecule has 0 unspecified atom stereocenters. The first-order valence-electron chi connectivity index (χ1n) is 9.76. The molecule has 30 heavy (non-hydrogen) atoms. The summed E-state index contributed by atoms with van der Waals surface area (Å²) in [5.74, 6) is -1.71. The first-order valence-corrected chi connectivity index (χ1v) is 11.6. The molecule has 0 radical (unpaired) electrons. The van der Waals surface area contributed by atoms with Crippen LogP contribution in [0.25, 0.3) is 0 Å². The maximum absolute atomic E-state index is 12.5. The molecule has 1 fully saturated rings. The highest BCUT2D eigenvalue weighted by Crippen LogP contribution is 2.10. The molecular weight excluding hydrogens is 410 g/mol. The number of rotatable bonds is 7. The van der Waals surface area contributed by atoms with Crippen LogP contribution in [0.5, 0.6) is 0 Å². The van der Waals surface area contributed by atoms with Crippen LogP contribution in [0, 0.1) is 12.8 Å². The summed E-state index contributed by atoms with van der Waals surface area (Å²) in [5, 5.41) is 2.67. The van der Waals surface area contributed by atoms with Crippen molar-refractivity contribution in [2.75, 3.05) is 39.0 Å². The number of nitrogens with zero attached hydrogens (tertiary/aromatic N) is 2. The summed E-state index contributed by atoms with van der Waals surface area (Å²) < 4.78 is 29.6. The smallest absolute Gasteiger partial charge is 0.329 e. The highest BCUT2D eigenvalue weighted by atomic mass is 32.2. The van der Waals surface area contributed by atoms with Crippen LogP contribution in [0.1, 0.15) is 29.8 Å². The summed E-state index contributed by atoms with van der Waals surface area (Å²) in [5.41, 5.74) is 1.36. The molecule has 10 heteroatoms. The van der Waals surface area contributed by atoms with Crippen molar-refractivity contribution in [3.63, 3.8) is 0 Å². The Hall–Kier alpha value is -2.46. The van der Waals surface area contributed by atoms with Crippen molar-refractivity contribution in [2.45, 2.75) is 26.8 Å². The second-order valence-corrected chi connectivity index (χ2v) is 9.70. The van der Waals surface area contributed by atoms with Gasteiger partial charge in [0.05, 0.1) is 6.26 Å². The van der Waals surface area contributed by atoms with Gasteiger partial charge in [-0.15, -0.1) is 0 Å². The molecule has 9 nitrogen and oxygen atoms in total. The molecule has 0 spiro atoms. The van der Waals surface area contributed by atoms with Gasteiger partial charge in [0, 0.05) is 31.7 Å². The highest BCUT2D eigenvalue weighted by Gasteiger charge is 2.29. The van der Waals surface area contributed by atoms with E-state index in [-0.39, 0.29) is 32.1 Å². The molecule has 1 N–H and O–H groups in total. The maximum Gasteiger partial charge on any atom is 0.329 e. The number of esters is 1. The number of sulfonamides is 1. The van der Waals surface area contributed by atoms with Crippen LogP contribution in [0.15, 0.2) is 24.3 Å². The van der Waals surface area contributed by atoms with Crippen molar-refractivity contribution in [3.05, 3.63) is 35.4 Å². The number of benzene rings is 1. The number of hydrogen-bond donors (Lipinski definition) is 1. The van der Waals surface area contributed by atoms with Gasteiger partial charge in [0.15, 0.2) is 6.61 Å². The summed E-state index contributed by atoms with van der Waals surface area (Å²) in [4.78, 5) is 38.7. The summed E-state index contributed by atoms with van der Waals surface area (Å²) in [7, 11) is -3.29. The third-order valence-electron chi connectivity index (χ3n) is 4.89. The molecule has 1 atom stereocenters. The Labute approximate surface area is 177 Å². The van der Waals surface area contributed by atoms with Crippen LogP contribution < -0.4 is 5.32 Å². The first-order chi connectivity index (χ1) is 14.0. The zero-order chi connectivity index (χ0) is 22.5. The molecule has 2 rings (SSSR count). The average Bonchev–Trinajstić information content (AvgIpc) is 2.69. The molecule has 1 aliphatic rings. The third kappa shape index (κ3) is 6.53. The van der Waals surface area contributed by atoms with E-state index in [1.165, 1.54) is 9.21 Å². The van der Waals surface area contributed by atoms with E-state index in [9.17, 15) is 22.8 Å². The van der Waals surface area contributed by atoms with E-state index < -0.39 is 40.5 Å². The van der Waals surface area contributed by atoms with Gasteiger partial charge in [0.1, 0.15) is 6.04 Å². The van der Waals surface area contributed by atoms with Crippen LogP contribution in [0.2, 0.25) is 0 Å². The number of hydrogen-bond acceptors (Lipinski definition) is 6. The van der Waals surface area contributed by atoms with Crippen LogP contribution >= 0.6 is 0 Å². The minimum atomic E-state index is -3.29. The molecular formula is C20H29N3O6S. The molecule has 1 heterocycles. The lowest BCUT2D eigenvalue weighted by molar-refractivity contribution is -0.154. The van der Waals surface area contributed by atoms with Gasteiger partial charge in [0.2, 0.25) is 10.0 Å². The van der Waals surface area contributed by atoms with Gasteiger partial charge in [-0.3, -0.25) is 9.59 Å². The van der Waals surface area contributed by atoms with E-state index in [2.05, 4.69) is 5.32 Å². The number of piperazine rings is 1. The van der Waals surface area contributed by atoms with E-state index in [1.54, 1.807) is 32.0 Å². The monoisotopic (exact) mass is 439 g/mol. The van der Waals surface area contributed by atoms with E-state index in [0.717, 1.165) is 11.8 Å². The molecule has 0 aromatic heterocycles. The first kappa shape index (κ1) is 23.8. The molecule has 0 aliphatic carbocycles. The van der Waals surface area contributed by atoms with Crippen molar-refractivity contribution >= 4 is 27.8 Å². The van der Waals surface area contributed by atoms with Gasteiger partial charge in [-0.25, -0.2) is 13.2 Å². The highest BCUT2D eigenvalue weighted by molar-refractivity contribution is 7.88. The fourth-order valence-electron chi connectivity index (χ4n) is 3.09. The molecule has 2 amide bonds. The fourth-order valence-corrected chi connectivity index (χ4v) is 3.92. The lowest BCUT2D eigenvalue weighted by Crippen LogP contribution is -2.51. The quantitative estimate of drug-likeness (QED) is 0.615. The Balaban J connectivity index is 1.89. The van der Waals surface area contributed by atoms with Crippen molar-refractivity contribution in [1.29, 1.82) is 0 Å². The predicted octanol–water partition coefficient (Wildman–Crippen LogP) is 0.396. The number of nitrogens with one attached hydrogen (secondary N) is 1. The molecule has 1 aliphatic heterocycles. The maximum atomic E-state index is 12.5. The minimum absolute atomic E-state index is 0.208. The number of amides is 2. The Kier molecular flexibility index (Phi) is 7.96. The Morgan fingerprint density at radius 3 is 2.30 bits per heavy atom. The second-order valence-electron chi connectivity index (χ2n) is 7.72. The van der Waals surface area contributed by atoms with E-state index >= 15 is 0 Å².